The molecule has 2 nitrogen and oxygen atoms in total. The van der Waals surface area contributed by atoms with E-state index in [0.717, 1.165) is 0 Å². The number of hydrogen-bond donors (Lipinski definition) is 0. The minimum absolute atomic E-state index is 1.31. The third-order valence-electron chi connectivity index (χ3n) is 7.29. The molecule has 3 heteroatoms. The standard InChI is InChI=1S/C28H29N2Si/c1-16-8-9-21-22-13-17(2)18(3)25-27(22)30(23(21)12-16)24-15-20(31(5,6)7)14-19-10-11-29(4)28(25)26(19)24/h8-15H,1-7H3/q+1. The molecule has 6 rings (SSSR count). The first-order valence-corrected chi connectivity index (χ1v) is 14.7. The minimum Gasteiger partial charge on any atom is -0.307 e. The van der Waals surface area contributed by atoms with Gasteiger partial charge < -0.3 is 4.40 Å². The monoisotopic (exact) mass is 421 g/mol. The van der Waals surface area contributed by atoms with Crippen molar-refractivity contribution in [1.82, 2.24) is 4.40 Å². The summed E-state index contributed by atoms with van der Waals surface area (Å²) in [5.74, 6) is 0. The molecule has 0 amide bonds. The molecule has 0 fully saturated rings. The fourth-order valence-corrected chi connectivity index (χ4v) is 6.61. The zero-order valence-corrected chi connectivity index (χ0v) is 20.5. The summed E-state index contributed by atoms with van der Waals surface area (Å²) >= 11 is 0. The lowest BCUT2D eigenvalue weighted by Crippen LogP contribution is -2.38. The van der Waals surface area contributed by atoms with Crippen LogP contribution in [0.15, 0.2) is 48.7 Å². The van der Waals surface area contributed by atoms with Crippen molar-refractivity contribution in [3.8, 4) is 0 Å². The van der Waals surface area contributed by atoms with Gasteiger partial charge in [0.15, 0.2) is 6.20 Å². The van der Waals surface area contributed by atoms with Crippen LogP contribution in [0.3, 0.4) is 0 Å². The van der Waals surface area contributed by atoms with Gasteiger partial charge in [-0.25, -0.2) is 4.57 Å². The van der Waals surface area contributed by atoms with Crippen molar-refractivity contribution >= 4 is 62.3 Å². The Hall–Kier alpha value is -2.91. The Morgan fingerprint density at radius 3 is 2.32 bits per heavy atom. The van der Waals surface area contributed by atoms with E-state index >= 15 is 0 Å². The largest absolute Gasteiger partial charge is 0.307 e. The van der Waals surface area contributed by atoms with Gasteiger partial charge in [0.25, 0.3) is 0 Å². The quantitative estimate of drug-likeness (QED) is 0.128. The molecule has 0 bridgehead atoms. The van der Waals surface area contributed by atoms with Gasteiger partial charge in [0.2, 0.25) is 5.52 Å². The number of benzene rings is 3. The van der Waals surface area contributed by atoms with Crippen molar-refractivity contribution in [2.45, 2.75) is 40.4 Å². The highest BCUT2D eigenvalue weighted by atomic mass is 28.3. The van der Waals surface area contributed by atoms with Crippen LogP contribution in [0.1, 0.15) is 16.7 Å². The second-order valence-electron chi connectivity index (χ2n) is 10.4. The van der Waals surface area contributed by atoms with E-state index in [0.29, 0.717) is 0 Å². The predicted octanol–water partition coefficient (Wildman–Crippen LogP) is 6.28. The first-order valence-electron chi connectivity index (χ1n) is 11.2. The summed E-state index contributed by atoms with van der Waals surface area (Å²) in [5, 5.41) is 8.38. The lowest BCUT2D eigenvalue weighted by molar-refractivity contribution is -0.643. The normalized spacial score (nSPS) is 13.0. The molecule has 3 heterocycles. The number of fused-ring (bicyclic) bond motifs is 5. The van der Waals surface area contributed by atoms with E-state index in [1.54, 1.807) is 0 Å². The van der Waals surface area contributed by atoms with Gasteiger partial charge in [-0.2, -0.15) is 0 Å². The van der Waals surface area contributed by atoms with Crippen molar-refractivity contribution in [2.24, 2.45) is 7.05 Å². The van der Waals surface area contributed by atoms with Crippen molar-refractivity contribution in [3.05, 3.63) is 65.4 Å². The van der Waals surface area contributed by atoms with Crippen molar-refractivity contribution in [3.63, 3.8) is 0 Å². The maximum Gasteiger partial charge on any atom is 0.224 e. The fraction of sp³-hybridized carbons (Fsp3) is 0.250. The van der Waals surface area contributed by atoms with Crippen LogP contribution < -0.4 is 9.75 Å². The van der Waals surface area contributed by atoms with Gasteiger partial charge in [0, 0.05) is 16.8 Å². The second kappa shape index (κ2) is 5.86. The average Bonchev–Trinajstić information content (AvgIpc) is 3.02. The molecule has 0 unspecified atom stereocenters. The molecular weight excluding hydrogens is 392 g/mol. The van der Waals surface area contributed by atoms with Crippen LogP contribution in [0.4, 0.5) is 0 Å². The van der Waals surface area contributed by atoms with Gasteiger partial charge in [-0.3, -0.25) is 0 Å². The number of nitrogens with zero attached hydrogens (tertiary/aromatic N) is 2. The first-order chi connectivity index (χ1) is 14.7. The van der Waals surface area contributed by atoms with Crippen LogP contribution >= 0.6 is 0 Å². The van der Waals surface area contributed by atoms with Crippen LogP contribution in [0, 0.1) is 20.8 Å². The molecular formula is C28H29N2Si+. The van der Waals surface area contributed by atoms with Crippen LogP contribution in [0.25, 0.3) is 49.0 Å². The molecule has 0 N–H and O–H groups in total. The Morgan fingerprint density at radius 1 is 0.806 bits per heavy atom. The maximum atomic E-state index is 2.57. The van der Waals surface area contributed by atoms with Crippen LogP contribution in [0.2, 0.25) is 19.6 Å². The topological polar surface area (TPSA) is 8.29 Å². The molecule has 0 saturated carbocycles. The van der Waals surface area contributed by atoms with Crippen molar-refractivity contribution in [2.75, 3.05) is 0 Å². The van der Waals surface area contributed by atoms with E-state index in [1.807, 2.05) is 0 Å². The molecule has 0 saturated heterocycles. The summed E-state index contributed by atoms with van der Waals surface area (Å²) in [7, 11) is 0.718. The SMILES string of the molecule is Cc1ccc2c3cc(C)c(C)c4c3n(c2c1)c1cc([Si](C)(C)C)cc2cc[n+](C)c4c21. The molecule has 0 radical (unpaired) electrons. The molecule has 0 atom stereocenters. The zero-order chi connectivity index (χ0) is 21.8. The van der Waals surface area contributed by atoms with Gasteiger partial charge in [-0.15, -0.1) is 0 Å². The molecule has 0 aliphatic carbocycles. The fourth-order valence-electron chi connectivity index (χ4n) is 5.45. The predicted molar refractivity (Wildman–Crippen MR) is 137 cm³/mol. The van der Waals surface area contributed by atoms with Crippen molar-refractivity contribution in [1.29, 1.82) is 0 Å². The molecule has 0 aliphatic rings. The second-order valence-corrected chi connectivity index (χ2v) is 15.5. The molecule has 3 aromatic heterocycles. The van der Waals surface area contributed by atoms with Crippen LogP contribution in [-0.2, 0) is 7.05 Å². The number of aromatic nitrogens is 2. The summed E-state index contributed by atoms with van der Waals surface area (Å²) < 4.78 is 4.89. The molecule has 154 valence electrons. The van der Waals surface area contributed by atoms with E-state index in [1.165, 1.54) is 70.9 Å². The lowest BCUT2D eigenvalue weighted by atomic mass is 9.96. The van der Waals surface area contributed by atoms with Crippen LogP contribution in [0.5, 0.6) is 0 Å². The van der Waals surface area contributed by atoms with Gasteiger partial charge >= 0.3 is 0 Å². The van der Waals surface area contributed by atoms with E-state index < -0.39 is 8.07 Å². The van der Waals surface area contributed by atoms with Gasteiger partial charge in [-0.1, -0.05) is 43.0 Å². The average molecular weight is 422 g/mol. The van der Waals surface area contributed by atoms with Gasteiger partial charge in [0.05, 0.1) is 35.4 Å². The number of pyridine rings is 2. The van der Waals surface area contributed by atoms with E-state index in [9.17, 15) is 0 Å². The Kier molecular flexibility index (Phi) is 3.56. The Labute approximate surface area is 184 Å². The third kappa shape index (κ3) is 2.35. The van der Waals surface area contributed by atoms with Gasteiger partial charge in [-0.05, 0) is 61.0 Å². The summed E-state index contributed by atoms with van der Waals surface area (Å²) in [5.41, 5.74) is 9.45. The highest BCUT2D eigenvalue weighted by molar-refractivity contribution is 6.89. The Balaban J connectivity index is 2.08. The summed E-state index contributed by atoms with van der Waals surface area (Å²) in [6.07, 6.45) is 2.24. The lowest BCUT2D eigenvalue weighted by Gasteiger charge is -2.20. The highest BCUT2D eigenvalue weighted by Gasteiger charge is 2.26. The number of hydrogen-bond acceptors (Lipinski definition) is 0. The number of aryl methyl sites for hydroxylation is 4. The van der Waals surface area contributed by atoms with E-state index in [-0.39, 0.29) is 0 Å². The van der Waals surface area contributed by atoms with E-state index in [4.69, 9.17) is 0 Å². The zero-order valence-electron chi connectivity index (χ0n) is 19.5. The molecule has 3 aromatic carbocycles. The van der Waals surface area contributed by atoms with Gasteiger partial charge in [0.1, 0.15) is 7.05 Å². The smallest absolute Gasteiger partial charge is 0.224 e. The van der Waals surface area contributed by atoms with Crippen molar-refractivity contribution < 1.29 is 4.57 Å². The molecule has 31 heavy (non-hydrogen) atoms. The molecule has 0 aliphatic heterocycles. The maximum absolute atomic E-state index is 2.57. The summed E-state index contributed by atoms with van der Waals surface area (Å²) in [6, 6.07) is 16.6. The summed E-state index contributed by atoms with van der Waals surface area (Å²) in [6.45, 7) is 14.1. The van der Waals surface area contributed by atoms with E-state index in [2.05, 4.69) is 105 Å². The molecule has 6 aromatic rings. The third-order valence-corrected chi connectivity index (χ3v) is 9.31. The molecule has 0 spiro atoms. The summed E-state index contributed by atoms with van der Waals surface area (Å²) in [4.78, 5) is 0. The first kappa shape index (κ1) is 18.8. The minimum atomic E-state index is -1.48. The Morgan fingerprint density at radius 2 is 1.58 bits per heavy atom. The Bertz CT molecular complexity index is 1700. The van der Waals surface area contributed by atoms with Crippen LogP contribution in [-0.4, -0.2) is 12.5 Å². The highest BCUT2D eigenvalue weighted by Crippen LogP contribution is 2.41. The number of rotatable bonds is 1.